The molecule has 0 spiro atoms. The van der Waals surface area contributed by atoms with Crippen LogP contribution in [0.15, 0.2) is 0 Å². The van der Waals surface area contributed by atoms with E-state index in [0.717, 1.165) is 5.75 Å². The minimum Gasteiger partial charge on any atom is -0.447 e. The number of imide groups is 1. The number of thioether (sulfide) groups is 1. The number of carbonyl (C=O) groups excluding carboxylic acids is 3. The summed E-state index contributed by atoms with van der Waals surface area (Å²) in [5, 5.41) is 2.27. The van der Waals surface area contributed by atoms with E-state index in [0.29, 0.717) is 25.7 Å². The van der Waals surface area contributed by atoms with Crippen molar-refractivity contribution in [3.05, 3.63) is 0 Å². The van der Waals surface area contributed by atoms with Gasteiger partial charge in [0.1, 0.15) is 6.73 Å². The van der Waals surface area contributed by atoms with Crippen molar-refractivity contribution < 1.29 is 28.6 Å². The van der Waals surface area contributed by atoms with Gasteiger partial charge in [0.05, 0.1) is 31.2 Å². The van der Waals surface area contributed by atoms with Gasteiger partial charge in [0, 0.05) is 13.0 Å². The number of carbonyl (C=O) groups is 3. The van der Waals surface area contributed by atoms with Crippen molar-refractivity contribution in [3.63, 3.8) is 0 Å². The largest absolute Gasteiger partial charge is 0.447 e. The molecule has 0 aliphatic carbocycles. The summed E-state index contributed by atoms with van der Waals surface area (Å²) in [6, 6.07) is 0. The van der Waals surface area contributed by atoms with E-state index in [9.17, 15) is 14.4 Å². The molecular weight excluding hydrogens is 360 g/mol. The molecule has 1 N–H and O–H groups in total. The van der Waals surface area contributed by atoms with Crippen molar-refractivity contribution in [3.8, 4) is 0 Å². The highest BCUT2D eigenvalue weighted by Gasteiger charge is 2.38. The molecule has 1 unspecified atom stereocenters. The van der Waals surface area contributed by atoms with Crippen LogP contribution in [0, 0.1) is 5.92 Å². The lowest BCUT2D eigenvalue weighted by Gasteiger charge is -2.15. The van der Waals surface area contributed by atoms with Gasteiger partial charge in [-0.25, -0.2) is 4.79 Å². The topological polar surface area (TPSA) is 94.2 Å². The van der Waals surface area contributed by atoms with Gasteiger partial charge >= 0.3 is 6.09 Å². The maximum absolute atomic E-state index is 12.2. The van der Waals surface area contributed by atoms with E-state index >= 15 is 0 Å². The number of alkyl carbamates (subject to hydrolysis) is 1. The Bertz CT molecular complexity index is 472. The minimum atomic E-state index is -0.476. The summed E-state index contributed by atoms with van der Waals surface area (Å²) in [6.07, 6.45) is -0.395. The Hall–Kier alpha value is -1.32. The molecule has 150 valence electrons. The van der Waals surface area contributed by atoms with E-state index in [1.165, 1.54) is 16.7 Å². The minimum absolute atomic E-state index is 0.0429. The Kier molecular flexibility index (Phi) is 10.6. The van der Waals surface area contributed by atoms with Crippen molar-refractivity contribution in [2.24, 2.45) is 5.92 Å². The van der Waals surface area contributed by atoms with Crippen LogP contribution < -0.4 is 5.32 Å². The van der Waals surface area contributed by atoms with Crippen LogP contribution in [0.4, 0.5) is 4.79 Å². The predicted molar refractivity (Wildman–Crippen MR) is 98.8 cm³/mol. The van der Waals surface area contributed by atoms with Crippen LogP contribution in [0.1, 0.15) is 34.1 Å². The third-order valence-electron chi connectivity index (χ3n) is 3.28. The molecule has 0 aromatic carbocycles. The molecule has 1 fully saturated rings. The maximum Gasteiger partial charge on any atom is 0.407 e. The lowest BCUT2D eigenvalue weighted by Crippen LogP contribution is -2.34. The lowest BCUT2D eigenvalue weighted by molar-refractivity contribution is -0.145. The molecule has 3 amide bonds. The van der Waals surface area contributed by atoms with Crippen LogP contribution in [0.3, 0.4) is 0 Å². The zero-order valence-electron chi connectivity index (χ0n) is 16.0. The monoisotopic (exact) mass is 390 g/mol. The van der Waals surface area contributed by atoms with Crippen LogP contribution in [0.25, 0.3) is 0 Å². The summed E-state index contributed by atoms with van der Waals surface area (Å²) in [7, 11) is 0. The van der Waals surface area contributed by atoms with Gasteiger partial charge in [0.2, 0.25) is 11.8 Å². The molecule has 0 radical (unpaired) electrons. The van der Waals surface area contributed by atoms with E-state index < -0.39 is 6.09 Å². The number of nitrogens with zero attached hydrogens (tertiary/aromatic N) is 1. The molecule has 0 bridgehead atoms. The average Bonchev–Trinajstić information content (AvgIpc) is 2.81. The lowest BCUT2D eigenvalue weighted by atomic mass is 10.3. The summed E-state index contributed by atoms with van der Waals surface area (Å²) in [5.74, 6) is 0.969. The molecule has 0 saturated carbocycles. The van der Waals surface area contributed by atoms with Gasteiger partial charge in [-0.1, -0.05) is 13.8 Å². The van der Waals surface area contributed by atoms with Crippen molar-refractivity contribution in [2.45, 2.75) is 45.5 Å². The number of nitrogens with one attached hydrogen (secondary N) is 1. The van der Waals surface area contributed by atoms with Gasteiger partial charge in [0.25, 0.3) is 0 Å². The Balaban J connectivity index is 2.08. The number of hydrogen-bond acceptors (Lipinski definition) is 7. The van der Waals surface area contributed by atoms with E-state index in [1.807, 2.05) is 0 Å². The zero-order valence-corrected chi connectivity index (χ0v) is 16.8. The molecule has 0 aromatic heterocycles. The molecule has 1 rings (SSSR count). The molecule has 1 aliphatic rings. The van der Waals surface area contributed by atoms with Gasteiger partial charge in [0.15, 0.2) is 0 Å². The number of ether oxygens (including phenoxy) is 3. The van der Waals surface area contributed by atoms with Crippen LogP contribution in [-0.4, -0.2) is 73.0 Å². The van der Waals surface area contributed by atoms with E-state index in [-0.39, 0.29) is 42.9 Å². The Morgan fingerprint density at radius 1 is 1.19 bits per heavy atom. The van der Waals surface area contributed by atoms with E-state index in [2.05, 4.69) is 19.2 Å². The quantitative estimate of drug-likeness (QED) is 0.400. The fourth-order valence-corrected chi connectivity index (χ4v) is 3.23. The van der Waals surface area contributed by atoms with Gasteiger partial charge < -0.3 is 19.5 Å². The normalized spacial score (nSPS) is 17.5. The predicted octanol–water partition coefficient (Wildman–Crippen LogP) is 1.63. The summed E-state index contributed by atoms with van der Waals surface area (Å²) < 4.78 is 15.6. The Morgan fingerprint density at radius 3 is 2.54 bits per heavy atom. The average molecular weight is 391 g/mol. The Labute approximate surface area is 159 Å². The molecule has 26 heavy (non-hydrogen) atoms. The summed E-state index contributed by atoms with van der Waals surface area (Å²) >= 11 is 1.53. The highest BCUT2D eigenvalue weighted by molar-refractivity contribution is 8.00. The number of amides is 3. The molecule has 0 aromatic rings. The molecular formula is C17H30N2O6S. The van der Waals surface area contributed by atoms with Crippen LogP contribution in [0.2, 0.25) is 0 Å². The third kappa shape index (κ3) is 8.86. The number of hydrogen-bond donors (Lipinski definition) is 1. The van der Waals surface area contributed by atoms with Crippen molar-refractivity contribution in [2.75, 3.05) is 38.8 Å². The number of likely N-dealkylation sites (tertiary alicyclic amines) is 1. The highest BCUT2D eigenvalue weighted by Crippen LogP contribution is 2.26. The summed E-state index contributed by atoms with van der Waals surface area (Å²) in [6.45, 7) is 8.90. The van der Waals surface area contributed by atoms with E-state index in [1.54, 1.807) is 13.8 Å². The first-order chi connectivity index (χ1) is 12.3. The molecule has 1 heterocycles. The van der Waals surface area contributed by atoms with Crippen LogP contribution in [-0.2, 0) is 23.8 Å². The molecule has 8 nitrogen and oxygen atoms in total. The summed E-state index contributed by atoms with van der Waals surface area (Å²) in [4.78, 5) is 36.5. The first kappa shape index (κ1) is 22.7. The van der Waals surface area contributed by atoms with Crippen molar-refractivity contribution >= 4 is 29.7 Å². The fourth-order valence-electron chi connectivity index (χ4n) is 2.08. The SMILES string of the molecule is CC(C)CSC1CC(=O)N(COCCOCCNC(=O)OC(C)C)C1=O. The van der Waals surface area contributed by atoms with E-state index in [4.69, 9.17) is 14.2 Å². The van der Waals surface area contributed by atoms with Gasteiger partial charge in [-0.3, -0.25) is 14.5 Å². The standard InChI is InChI=1S/C17H30N2O6S/c1-12(2)10-26-14-9-15(20)19(16(14)21)11-24-8-7-23-6-5-18-17(22)25-13(3)4/h12-14H,5-11H2,1-4H3,(H,18,22). The first-order valence-electron chi connectivity index (χ1n) is 8.87. The van der Waals surface area contributed by atoms with Crippen molar-refractivity contribution in [1.82, 2.24) is 10.2 Å². The third-order valence-corrected chi connectivity index (χ3v) is 4.91. The zero-order chi connectivity index (χ0) is 19.5. The first-order valence-corrected chi connectivity index (χ1v) is 9.92. The molecule has 1 atom stereocenters. The Morgan fingerprint density at radius 2 is 1.88 bits per heavy atom. The van der Waals surface area contributed by atoms with Crippen LogP contribution >= 0.6 is 11.8 Å². The fraction of sp³-hybridized carbons (Fsp3) is 0.824. The second-order valence-electron chi connectivity index (χ2n) is 6.61. The second kappa shape index (κ2) is 12.1. The number of rotatable bonds is 12. The second-order valence-corrected chi connectivity index (χ2v) is 7.85. The van der Waals surface area contributed by atoms with Gasteiger partial charge in [-0.15, -0.1) is 11.8 Å². The molecule has 1 aliphatic heterocycles. The highest BCUT2D eigenvalue weighted by atomic mass is 32.2. The van der Waals surface area contributed by atoms with Crippen molar-refractivity contribution in [1.29, 1.82) is 0 Å². The smallest absolute Gasteiger partial charge is 0.407 e. The molecule has 1 saturated heterocycles. The van der Waals surface area contributed by atoms with Crippen LogP contribution in [0.5, 0.6) is 0 Å². The summed E-state index contributed by atoms with van der Waals surface area (Å²) in [5.41, 5.74) is 0. The van der Waals surface area contributed by atoms with Gasteiger partial charge in [-0.2, -0.15) is 0 Å². The van der Waals surface area contributed by atoms with Gasteiger partial charge in [-0.05, 0) is 25.5 Å². The molecule has 9 heteroatoms. The maximum atomic E-state index is 12.2.